The van der Waals surface area contributed by atoms with Crippen LogP contribution in [-0.4, -0.2) is 11.5 Å². The molecule has 4 heteroatoms. The average molecular weight is 304 g/mol. The third-order valence-corrected chi connectivity index (χ3v) is 4.45. The lowest BCUT2D eigenvalue weighted by Crippen LogP contribution is -1.98. The van der Waals surface area contributed by atoms with Crippen molar-refractivity contribution in [3.63, 3.8) is 0 Å². The Kier molecular flexibility index (Phi) is 6.05. The summed E-state index contributed by atoms with van der Waals surface area (Å²) < 4.78 is 5.82. The van der Waals surface area contributed by atoms with Gasteiger partial charge in [0.2, 0.25) is 0 Å². The molecule has 2 rings (SSSR count). The van der Waals surface area contributed by atoms with Crippen LogP contribution in [0.25, 0.3) is 0 Å². The maximum Gasteiger partial charge on any atom is 0.182 e. The number of hydrogen-bond acceptors (Lipinski definition) is 4. The van der Waals surface area contributed by atoms with E-state index < -0.39 is 0 Å². The van der Waals surface area contributed by atoms with Crippen molar-refractivity contribution in [2.75, 3.05) is 11.9 Å². The zero-order valence-electron chi connectivity index (χ0n) is 13.1. The molecule has 1 aromatic carbocycles. The van der Waals surface area contributed by atoms with E-state index in [0.717, 1.165) is 35.1 Å². The van der Waals surface area contributed by atoms with Crippen LogP contribution in [0.5, 0.6) is 5.75 Å². The molecular weight excluding hydrogens is 280 g/mol. The van der Waals surface area contributed by atoms with Crippen LogP contribution in [0.3, 0.4) is 0 Å². The molecule has 0 spiro atoms. The molecule has 3 nitrogen and oxygen atoms in total. The monoisotopic (exact) mass is 304 g/mol. The van der Waals surface area contributed by atoms with Crippen molar-refractivity contribution in [1.82, 2.24) is 4.98 Å². The van der Waals surface area contributed by atoms with E-state index in [9.17, 15) is 0 Å². The molecule has 0 amide bonds. The summed E-state index contributed by atoms with van der Waals surface area (Å²) >= 11 is 1.66. The Hall–Kier alpha value is -1.55. The fourth-order valence-corrected chi connectivity index (χ4v) is 2.72. The molecular formula is C17H24N2OS. The highest BCUT2D eigenvalue weighted by Crippen LogP contribution is 2.23. The van der Waals surface area contributed by atoms with Crippen molar-refractivity contribution in [2.45, 2.75) is 46.1 Å². The summed E-state index contributed by atoms with van der Waals surface area (Å²) in [5.41, 5.74) is 1.37. The quantitative estimate of drug-likeness (QED) is 0.740. The fraction of sp³-hybridized carbons (Fsp3) is 0.471. The summed E-state index contributed by atoms with van der Waals surface area (Å²) in [6.45, 7) is 8.15. The van der Waals surface area contributed by atoms with Crippen LogP contribution >= 0.6 is 11.3 Å². The summed E-state index contributed by atoms with van der Waals surface area (Å²) in [6, 6.07) is 8.42. The number of benzene rings is 1. The van der Waals surface area contributed by atoms with Crippen molar-refractivity contribution in [3.05, 3.63) is 40.9 Å². The minimum absolute atomic E-state index is 0.578. The van der Waals surface area contributed by atoms with E-state index >= 15 is 0 Å². The third-order valence-electron chi connectivity index (χ3n) is 3.52. The van der Waals surface area contributed by atoms with E-state index in [4.69, 9.17) is 4.74 Å². The normalized spacial score (nSPS) is 12.1. The maximum atomic E-state index is 5.82. The molecule has 1 unspecified atom stereocenters. The highest BCUT2D eigenvalue weighted by Gasteiger charge is 2.04. The number of hydrogen-bond donors (Lipinski definition) is 1. The van der Waals surface area contributed by atoms with Gasteiger partial charge in [0.15, 0.2) is 5.13 Å². The molecule has 1 heterocycles. The van der Waals surface area contributed by atoms with Gasteiger partial charge in [-0.3, -0.25) is 0 Å². The maximum absolute atomic E-state index is 5.82. The molecule has 0 radical (unpaired) electrons. The fourth-order valence-electron chi connectivity index (χ4n) is 1.97. The minimum Gasteiger partial charge on any atom is -0.488 e. The number of nitrogens with zero attached hydrogens (tertiary/aromatic N) is 1. The third kappa shape index (κ3) is 4.74. The topological polar surface area (TPSA) is 34.2 Å². The Morgan fingerprint density at radius 3 is 2.67 bits per heavy atom. The molecule has 0 aliphatic rings. The van der Waals surface area contributed by atoms with Crippen LogP contribution in [-0.2, 0) is 6.61 Å². The minimum atomic E-state index is 0.578. The first-order valence-corrected chi connectivity index (χ1v) is 8.45. The molecule has 0 bridgehead atoms. The zero-order chi connectivity index (χ0) is 15.1. The molecule has 0 aliphatic heterocycles. The Morgan fingerprint density at radius 1 is 1.24 bits per heavy atom. The first kappa shape index (κ1) is 15.8. The van der Waals surface area contributed by atoms with Crippen molar-refractivity contribution < 1.29 is 4.74 Å². The molecule has 0 saturated carbocycles. The first-order chi connectivity index (χ1) is 10.2. The predicted octanol–water partition coefficient (Wildman–Crippen LogP) is 5.06. The summed E-state index contributed by atoms with van der Waals surface area (Å²) in [7, 11) is 0. The Labute approximate surface area is 131 Å². The van der Waals surface area contributed by atoms with Gasteiger partial charge in [0.25, 0.3) is 0 Å². The Bertz CT molecular complexity index is 536. The summed E-state index contributed by atoms with van der Waals surface area (Å²) in [5.74, 6) is 1.52. The van der Waals surface area contributed by atoms with Crippen molar-refractivity contribution in [2.24, 2.45) is 0 Å². The Balaban J connectivity index is 1.86. The van der Waals surface area contributed by atoms with Crippen molar-refractivity contribution in [1.29, 1.82) is 0 Å². The van der Waals surface area contributed by atoms with Gasteiger partial charge in [0.05, 0.1) is 4.88 Å². The van der Waals surface area contributed by atoms with Crippen LogP contribution < -0.4 is 10.1 Å². The van der Waals surface area contributed by atoms with E-state index in [0.29, 0.717) is 12.5 Å². The van der Waals surface area contributed by atoms with Crippen molar-refractivity contribution >= 4 is 16.5 Å². The predicted molar refractivity (Wildman–Crippen MR) is 90.4 cm³/mol. The smallest absolute Gasteiger partial charge is 0.182 e. The number of thiazole rings is 1. The number of ether oxygens (including phenoxy) is 1. The van der Waals surface area contributed by atoms with Gasteiger partial charge in [-0.05, 0) is 36.5 Å². The molecule has 0 fully saturated rings. The summed E-state index contributed by atoms with van der Waals surface area (Å²) in [5, 5.41) is 4.27. The summed E-state index contributed by atoms with van der Waals surface area (Å²) in [4.78, 5) is 5.48. The molecule has 1 atom stereocenters. The second-order valence-electron chi connectivity index (χ2n) is 5.23. The molecule has 21 heavy (non-hydrogen) atoms. The van der Waals surface area contributed by atoms with E-state index in [1.54, 1.807) is 11.3 Å². The van der Waals surface area contributed by atoms with E-state index in [1.807, 2.05) is 6.20 Å². The number of rotatable bonds is 8. The van der Waals surface area contributed by atoms with Gasteiger partial charge in [-0.25, -0.2) is 4.98 Å². The van der Waals surface area contributed by atoms with Gasteiger partial charge in [-0.1, -0.05) is 44.2 Å². The lowest BCUT2D eigenvalue weighted by Gasteiger charge is -2.10. The number of nitrogens with one attached hydrogen (secondary N) is 1. The highest BCUT2D eigenvalue weighted by atomic mass is 32.1. The molecule has 1 N–H and O–H groups in total. The van der Waals surface area contributed by atoms with Crippen LogP contribution in [0.2, 0.25) is 0 Å². The van der Waals surface area contributed by atoms with Crippen LogP contribution in [0.1, 0.15) is 50.0 Å². The largest absolute Gasteiger partial charge is 0.488 e. The number of aromatic nitrogens is 1. The lowest BCUT2D eigenvalue weighted by molar-refractivity contribution is 0.309. The first-order valence-electron chi connectivity index (χ1n) is 7.64. The molecule has 2 aromatic rings. The molecule has 0 aliphatic carbocycles. The zero-order valence-corrected chi connectivity index (χ0v) is 13.9. The van der Waals surface area contributed by atoms with Gasteiger partial charge in [0.1, 0.15) is 12.4 Å². The van der Waals surface area contributed by atoms with Gasteiger partial charge in [-0.2, -0.15) is 0 Å². The number of anilines is 1. The molecule has 0 saturated heterocycles. The summed E-state index contributed by atoms with van der Waals surface area (Å²) in [6.07, 6.45) is 4.15. The van der Waals surface area contributed by atoms with Gasteiger partial charge in [0, 0.05) is 12.7 Å². The SMILES string of the molecule is CCCNc1ncc(COc2ccc(C(C)CC)cc2)s1. The average Bonchev–Trinajstić information content (AvgIpc) is 2.98. The van der Waals surface area contributed by atoms with Crippen LogP contribution in [0.4, 0.5) is 5.13 Å². The van der Waals surface area contributed by atoms with Gasteiger partial charge < -0.3 is 10.1 Å². The van der Waals surface area contributed by atoms with Crippen LogP contribution in [0.15, 0.2) is 30.5 Å². The Morgan fingerprint density at radius 2 is 2.00 bits per heavy atom. The second-order valence-corrected chi connectivity index (χ2v) is 6.34. The highest BCUT2D eigenvalue weighted by molar-refractivity contribution is 7.15. The molecule has 114 valence electrons. The molecule has 1 aromatic heterocycles. The van der Waals surface area contributed by atoms with E-state index in [-0.39, 0.29) is 0 Å². The van der Waals surface area contributed by atoms with Gasteiger partial charge in [-0.15, -0.1) is 0 Å². The van der Waals surface area contributed by atoms with E-state index in [1.165, 1.54) is 5.56 Å². The lowest BCUT2D eigenvalue weighted by atomic mass is 9.99. The van der Waals surface area contributed by atoms with Crippen molar-refractivity contribution in [3.8, 4) is 5.75 Å². The van der Waals surface area contributed by atoms with Gasteiger partial charge >= 0.3 is 0 Å². The second kappa shape index (κ2) is 8.03. The van der Waals surface area contributed by atoms with Crippen LogP contribution in [0, 0.1) is 0 Å². The standard InChI is InChI=1S/C17H24N2OS/c1-4-10-18-17-19-11-16(21-17)12-20-15-8-6-14(7-9-15)13(3)5-2/h6-9,11,13H,4-5,10,12H2,1-3H3,(H,18,19). The van der Waals surface area contributed by atoms with E-state index in [2.05, 4.69) is 55.3 Å².